The molecule has 1 aliphatic rings. The van der Waals surface area contributed by atoms with Gasteiger partial charge in [-0.1, -0.05) is 0 Å². The van der Waals surface area contributed by atoms with Crippen LogP contribution in [0, 0.1) is 0 Å². The highest BCUT2D eigenvalue weighted by atomic mass is 16.5. The van der Waals surface area contributed by atoms with Crippen molar-refractivity contribution in [3.63, 3.8) is 0 Å². The number of nitrogens with zero attached hydrogens (tertiary/aromatic N) is 2. The van der Waals surface area contributed by atoms with Gasteiger partial charge in [0.1, 0.15) is 0 Å². The number of hydrogen-bond donors (Lipinski definition) is 0. The van der Waals surface area contributed by atoms with E-state index in [1.165, 1.54) is 0 Å². The van der Waals surface area contributed by atoms with E-state index >= 15 is 0 Å². The molecule has 3 nitrogen and oxygen atoms in total. The predicted octanol–water partition coefficient (Wildman–Crippen LogP) is -0.0456. The highest BCUT2D eigenvalue weighted by Crippen LogP contribution is 1.93. The third-order valence-corrected chi connectivity index (χ3v) is 0.844. The lowest BCUT2D eigenvalue weighted by atomic mass is 10.5. The van der Waals surface area contributed by atoms with E-state index in [1.807, 2.05) is 0 Å². The molecule has 0 saturated carbocycles. The van der Waals surface area contributed by atoms with Crippen molar-refractivity contribution >= 4 is 5.90 Å². The van der Waals surface area contributed by atoms with E-state index in [0.29, 0.717) is 0 Å². The number of methoxy groups -OCH3 is 1. The third kappa shape index (κ3) is 0.824. The lowest BCUT2D eigenvalue weighted by Crippen LogP contribution is -1.95. The fourth-order valence-electron chi connectivity index (χ4n) is 0.467. The predicted molar refractivity (Wildman–Crippen MR) is 26.1 cm³/mol. The van der Waals surface area contributed by atoms with Crippen molar-refractivity contribution < 1.29 is 4.74 Å². The van der Waals surface area contributed by atoms with Crippen molar-refractivity contribution in [1.29, 1.82) is 0 Å². The maximum Gasteiger partial charge on any atom is 0.209 e. The van der Waals surface area contributed by atoms with Gasteiger partial charge in [0.05, 0.1) is 13.7 Å². The smallest absolute Gasteiger partial charge is 0.209 e. The first-order chi connectivity index (χ1) is 3.43. The molecule has 0 unspecified atom stereocenters. The summed E-state index contributed by atoms with van der Waals surface area (Å²) in [5, 5.41) is 3.67. The van der Waals surface area contributed by atoms with Crippen LogP contribution in [0.1, 0.15) is 6.42 Å². The van der Waals surface area contributed by atoms with Gasteiger partial charge in [0.15, 0.2) is 0 Å². The van der Waals surface area contributed by atoms with Crippen LogP contribution in [0.3, 0.4) is 0 Å². The molecule has 3 heteroatoms. The third-order valence-electron chi connectivity index (χ3n) is 0.844. The topological polar surface area (TPSA) is 35.7 Å². The lowest BCUT2D eigenvalue weighted by Gasteiger charge is -1.89. The molecular formula is C4H7N2O. The molecule has 0 aromatic carbocycles. The Bertz CT molecular complexity index is 89.7. The minimum Gasteiger partial charge on any atom is -0.483 e. The molecule has 1 heterocycles. The second-order valence-electron chi connectivity index (χ2n) is 1.31. The van der Waals surface area contributed by atoms with Gasteiger partial charge >= 0.3 is 0 Å². The molecule has 0 spiro atoms. The van der Waals surface area contributed by atoms with Gasteiger partial charge in [0, 0.05) is 6.42 Å². The molecule has 39 valence electrons. The second kappa shape index (κ2) is 1.82. The quantitative estimate of drug-likeness (QED) is 0.419. The summed E-state index contributed by atoms with van der Waals surface area (Å²) in [6.45, 7) is 0.795. The molecule has 0 fully saturated rings. The van der Waals surface area contributed by atoms with E-state index in [9.17, 15) is 0 Å². The molecule has 0 atom stereocenters. The van der Waals surface area contributed by atoms with Gasteiger partial charge in [-0.3, -0.25) is 0 Å². The van der Waals surface area contributed by atoms with Crippen LogP contribution in [-0.4, -0.2) is 19.6 Å². The molecule has 1 rings (SSSR count). The molecule has 1 aliphatic heterocycles. The van der Waals surface area contributed by atoms with Crippen LogP contribution < -0.4 is 5.43 Å². The van der Waals surface area contributed by atoms with Gasteiger partial charge in [-0.05, 0) is 0 Å². The minimum atomic E-state index is 0.750. The van der Waals surface area contributed by atoms with Gasteiger partial charge in [-0.25, -0.2) is 0 Å². The standard InChI is InChI=1S/C4H7N2O/c1-7-4-2-3-5-6-4/h2-3H2,1H3. The van der Waals surface area contributed by atoms with Crippen LogP contribution in [0.2, 0.25) is 0 Å². The van der Waals surface area contributed by atoms with Gasteiger partial charge in [-0.15, -0.1) is 5.10 Å². The summed E-state index contributed by atoms with van der Waals surface area (Å²) in [6, 6.07) is 0. The Hall–Kier alpha value is -0.730. The summed E-state index contributed by atoms with van der Waals surface area (Å²) in [5.41, 5.74) is 3.70. The fourth-order valence-corrected chi connectivity index (χ4v) is 0.467. The summed E-state index contributed by atoms with van der Waals surface area (Å²) >= 11 is 0. The van der Waals surface area contributed by atoms with Crippen molar-refractivity contribution in [3.8, 4) is 0 Å². The molecule has 0 amide bonds. The van der Waals surface area contributed by atoms with E-state index < -0.39 is 0 Å². The molecule has 0 aromatic rings. The van der Waals surface area contributed by atoms with Crippen LogP contribution >= 0.6 is 0 Å². The van der Waals surface area contributed by atoms with Crippen molar-refractivity contribution in [2.24, 2.45) is 5.10 Å². The SMILES string of the molecule is COC1=N[N]CC1. The van der Waals surface area contributed by atoms with Crippen LogP contribution in [0.15, 0.2) is 5.10 Å². The molecule has 7 heavy (non-hydrogen) atoms. The molecule has 0 N–H and O–H groups in total. The van der Waals surface area contributed by atoms with E-state index in [1.54, 1.807) is 7.11 Å². The molecular weight excluding hydrogens is 92.1 g/mol. The zero-order chi connectivity index (χ0) is 5.11. The highest BCUT2D eigenvalue weighted by Gasteiger charge is 2.04. The van der Waals surface area contributed by atoms with Crippen molar-refractivity contribution in [1.82, 2.24) is 5.43 Å². The van der Waals surface area contributed by atoms with Gasteiger partial charge in [0.25, 0.3) is 0 Å². The van der Waals surface area contributed by atoms with Crippen molar-refractivity contribution in [2.45, 2.75) is 6.42 Å². The first-order valence-electron chi connectivity index (χ1n) is 2.21. The molecule has 0 aliphatic carbocycles. The average Bonchev–Trinajstić information content (AvgIpc) is 2.14. The second-order valence-corrected chi connectivity index (χ2v) is 1.31. The van der Waals surface area contributed by atoms with E-state index in [4.69, 9.17) is 4.74 Å². The molecule has 0 bridgehead atoms. The van der Waals surface area contributed by atoms with Crippen LogP contribution in [-0.2, 0) is 4.74 Å². The maximum absolute atomic E-state index is 4.77. The summed E-state index contributed by atoms with van der Waals surface area (Å²) in [7, 11) is 1.61. The van der Waals surface area contributed by atoms with Crippen LogP contribution in [0.25, 0.3) is 0 Å². The Labute approximate surface area is 42.4 Å². The summed E-state index contributed by atoms with van der Waals surface area (Å²) in [6.07, 6.45) is 0.872. The van der Waals surface area contributed by atoms with E-state index in [0.717, 1.165) is 18.9 Å². The Kier molecular flexibility index (Phi) is 1.15. The van der Waals surface area contributed by atoms with Crippen LogP contribution in [0.5, 0.6) is 0 Å². The monoisotopic (exact) mass is 99.1 g/mol. The number of ether oxygens (including phenoxy) is 1. The lowest BCUT2D eigenvalue weighted by molar-refractivity contribution is 0.395. The summed E-state index contributed by atoms with van der Waals surface area (Å²) in [5.74, 6) is 0.750. The Morgan fingerprint density at radius 2 is 2.57 bits per heavy atom. The van der Waals surface area contributed by atoms with Crippen molar-refractivity contribution in [3.05, 3.63) is 0 Å². The Morgan fingerprint density at radius 3 is 2.86 bits per heavy atom. The number of hydrogen-bond acceptors (Lipinski definition) is 2. The Morgan fingerprint density at radius 1 is 1.71 bits per heavy atom. The maximum atomic E-state index is 4.77. The average molecular weight is 99.1 g/mol. The zero-order valence-corrected chi connectivity index (χ0v) is 4.22. The molecule has 0 aromatic heterocycles. The normalized spacial score (nSPS) is 18.1. The first kappa shape index (κ1) is 4.43. The first-order valence-corrected chi connectivity index (χ1v) is 2.21. The van der Waals surface area contributed by atoms with Crippen molar-refractivity contribution in [2.75, 3.05) is 13.7 Å². The van der Waals surface area contributed by atoms with E-state index in [-0.39, 0.29) is 0 Å². The fraction of sp³-hybridized carbons (Fsp3) is 0.750. The van der Waals surface area contributed by atoms with Gasteiger partial charge < -0.3 is 4.74 Å². The zero-order valence-electron chi connectivity index (χ0n) is 4.22. The summed E-state index contributed by atoms with van der Waals surface area (Å²) < 4.78 is 4.77. The number of rotatable bonds is 0. The molecule has 1 radical (unpaired) electrons. The van der Waals surface area contributed by atoms with Crippen LogP contribution in [0.4, 0.5) is 0 Å². The van der Waals surface area contributed by atoms with E-state index in [2.05, 4.69) is 10.5 Å². The highest BCUT2D eigenvalue weighted by molar-refractivity contribution is 5.77. The molecule has 0 saturated heterocycles. The van der Waals surface area contributed by atoms with Gasteiger partial charge in [-0.2, -0.15) is 5.43 Å². The largest absolute Gasteiger partial charge is 0.483 e. The summed E-state index contributed by atoms with van der Waals surface area (Å²) in [4.78, 5) is 0. The minimum absolute atomic E-state index is 0.750. The Balaban J connectivity index is 2.36. The van der Waals surface area contributed by atoms with Gasteiger partial charge in [0.2, 0.25) is 5.90 Å².